The van der Waals surface area contributed by atoms with E-state index in [0.717, 1.165) is 37.7 Å². The predicted octanol–water partition coefficient (Wildman–Crippen LogP) is 10.0. The topological polar surface area (TPSA) is 17.1 Å². The first-order chi connectivity index (χ1) is 17.4. The van der Waals surface area contributed by atoms with Gasteiger partial charge in [-0.2, -0.15) is 0 Å². The number of benzene rings is 2. The van der Waals surface area contributed by atoms with Crippen molar-refractivity contribution in [3.63, 3.8) is 0 Å². The Kier molecular flexibility index (Phi) is 10.1. The zero-order chi connectivity index (χ0) is 26.1. The third kappa shape index (κ3) is 7.17. The molecule has 2 aromatic carbocycles. The van der Waals surface area contributed by atoms with Crippen LogP contribution in [-0.2, 0) is 4.79 Å². The minimum atomic E-state index is 0.105. The highest BCUT2D eigenvalue weighted by Crippen LogP contribution is 2.38. The zero-order valence-electron chi connectivity index (χ0n) is 23.1. The molecule has 2 aromatic rings. The Balaban J connectivity index is 2.17. The molecule has 0 amide bonds. The Bertz CT molecular complexity index is 1230. The van der Waals surface area contributed by atoms with E-state index < -0.39 is 0 Å². The van der Waals surface area contributed by atoms with Gasteiger partial charge in [0, 0.05) is 5.57 Å². The molecule has 0 atom stereocenters. The van der Waals surface area contributed by atoms with Gasteiger partial charge in [0.1, 0.15) is 0 Å². The van der Waals surface area contributed by atoms with E-state index >= 15 is 0 Å². The van der Waals surface area contributed by atoms with E-state index in [2.05, 4.69) is 88.4 Å². The third-order valence-electron chi connectivity index (χ3n) is 6.97. The molecule has 0 unspecified atom stereocenters. The Hall–Kier alpha value is -3.19. The molecule has 0 saturated carbocycles. The first kappa shape index (κ1) is 27.4. The summed E-state index contributed by atoms with van der Waals surface area (Å²) in [6, 6.07) is 15.8. The van der Waals surface area contributed by atoms with Crippen LogP contribution in [0.1, 0.15) is 94.0 Å². The fourth-order valence-electron chi connectivity index (χ4n) is 5.07. The Morgan fingerprint density at radius 3 is 2.33 bits per heavy atom. The summed E-state index contributed by atoms with van der Waals surface area (Å²) in [7, 11) is 0. The van der Waals surface area contributed by atoms with Gasteiger partial charge in [-0.25, -0.2) is 0 Å². The van der Waals surface area contributed by atoms with Crippen LogP contribution in [0, 0.1) is 13.8 Å². The summed E-state index contributed by atoms with van der Waals surface area (Å²) >= 11 is 0. The number of hydrogen-bond donors (Lipinski definition) is 0. The summed E-state index contributed by atoms with van der Waals surface area (Å²) in [4.78, 5) is 12.2. The second-order valence-electron chi connectivity index (χ2n) is 9.97. The van der Waals surface area contributed by atoms with Crippen molar-refractivity contribution in [3.8, 4) is 0 Å². The van der Waals surface area contributed by atoms with Gasteiger partial charge < -0.3 is 0 Å². The van der Waals surface area contributed by atoms with Crippen molar-refractivity contribution < 1.29 is 4.79 Å². The van der Waals surface area contributed by atoms with Crippen molar-refractivity contribution in [1.82, 2.24) is 0 Å². The van der Waals surface area contributed by atoms with E-state index in [1.165, 1.54) is 56.5 Å². The molecule has 1 nitrogen and oxygen atoms in total. The second kappa shape index (κ2) is 13.2. The standard InChI is InChI=1S/C35H42O/c1-7-11-28(9-3)22-29-16-18-31(19-17-29)35-24-30(23-32(12-8-2)27(6)36)13-10-14-34(35)33-20-15-25(4)21-26(33)5/h8,12,15-24H,7,9-11,13-14H2,1-6H3/b12-8-,28-22+,32-23+. The minimum Gasteiger partial charge on any atom is -0.295 e. The average Bonchev–Trinajstić information content (AvgIpc) is 3.06. The van der Waals surface area contributed by atoms with Crippen molar-refractivity contribution in [2.45, 2.75) is 80.1 Å². The first-order valence-electron chi connectivity index (χ1n) is 13.5. The van der Waals surface area contributed by atoms with Crippen LogP contribution in [0.25, 0.3) is 17.2 Å². The molecule has 188 valence electrons. The van der Waals surface area contributed by atoms with Crippen LogP contribution in [0.2, 0.25) is 0 Å². The van der Waals surface area contributed by atoms with E-state index in [1.807, 2.05) is 19.1 Å². The Morgan fingerprint density at radius 2 is 1.72 bits per heavy atom. The number of carbonyl (C=O) groups is 1. The Labute approximate surface area is 219 Å². The maximum absolute atomic E-state index is 12.2. The van der Waals surface area contributed by atoms with E-state index in [0.29, 0.717) is 0 Å². The van der Waals surface area contributed by atoms with Gasteiger partial charge in [-0.3, -0.25) is 4.79 Å². The molecule has 0 heterocycles. The highest BCUT2D eigenvalue weighted by molar-refractivity contribution is 5.99. The summed E-state index contributed by atoms with van der Waals surface area (Å²) in [6.45, 7) is 12.5. The predicted molar refractivity (Wildman–Crippen MR) is 158 cm³/mol. The lowest BCUT2D eigenvalue weighted by Gasteiger charge is -2.16. The van der Waals surface area contributed by atoms with Gasteiger partial charge in [0.05, 0.1) is 0 Å². The van der Waals surface area contributed by atoms with Gasteiger partial charge in [-0.05, 0) is 105 Å². The highest BCUT2D eigenvalue weighted by Gasteiger charge is 2.17. The lowest BCUT2D eigenvalue weighted by atomic mass is 9.89. The van der Waals surface area contributed by atoms with Crippen LogP contribution in [0.4, 0.5) is 0 Å². The number of carbonyl (C=O) groups excluding carboxylic acids is 1. The fourth-order valence-corrected chi connectivity index (χ4v) is 5.07. The smallest absolute Gasteiger partial charge is 0.159 e. The first-order valence-corrected chi connectivity index (χ1v) is 13.5. The van der Waals surface area contributed by atoms with Crippen molar-refractivity contribution >= 4 is 23.0 Å². The number of hydrogen-bond acceptors (Lipinski definition) is 1. The second-order valence-corrected chi connectivity index (χ2v) is 9.97. The number of aryl methyl sites for hydroxylation is 2. The van der Waals surface area contributed by atoms with Crippen LogP contribution in [0.5, 0.6) is 0 Å². The Morgan fingerprint density at radius 1 is 0.972 bits per heavy atom. The molecule has 1 aliphatic carbocycles. The van der Waals surface area contributed by atoms with E-state index in [4.69, 9.17) is 0 Å². The molecule has 3 rings (SSSR count). The molecule has 0 radical (unpaired) electrons. The molecule has 0 spiro atoms. The largest absolute Gasteiger partial charge is 0.295 e. The molecule has 0 aromatic heterocycles. The molecule has 0 saturated heterocycles. The normalized spacial score (nSPS) is 15.3. The van der Waals surface area contributed by atoms with Gasteiger partial charge in [0.15, 0.2) is 5.78 Å². The highest BCUT2D eigenvalue weighted by atomic mass is 16.1. The maximum Gasteiger partial charge on any atom is 0.159 e. The van der Waals surface area contributed by atoms with E-state index in [1.54, 1.807) is 6.92 Å². The number of Topliss-reactive ketones (excluding diaryl/α,β-unsaturated/α-hetero) is 1. The van der Waals surface area contributed by atoms with Gasteiger partial charge >= 0.3 is 0 Å². The summed E-state index contributed by atoms with van der Waals surface area (Å²) in [6.07, 6.45) is 17.1. The summed E-state index contributed by atoms with van der Waals surface area (Å²) in [5.74, 6) is 0.105. The van der Waals surface area contributed by atoms with Gasteiger partial charge in [0.2, 0.25) is 0 Å². The SMILES string of the molecule is C/C=C\C(=C/C1=CC(c2ccc(/C=C(\CC)CCC)cc2)=C(c2ccc(C)cc2C)CCC1)C(C)=O. The van der Waals surface area contributed by atoms with E-state index in [-0.39, 0.29) is 5.78 Å². The zero-order valence-corrected chi connectivity index (χ0v) is 23.1. The molecule has 0 N–H and O–H groups in total. The lowest BCUT2D eigenvalue weighted by Crippen LogP contribution is -1.95. The summed E-state index contributed by atoms with van der Waals surface area (Å²) in [5.41, 5.74) is 12.6. The molecular formula is C35H42O. The van der Waals surface area contributed by atoms with Crippen molar-refractivity contribution in [2.75, 3.05) is 0 Å². The molecule has 0 fully saturated rings. The quantitative estimate of drug-likeness (QED) is 0.259. The van der Waals surface area contributed by atoms with Crippen molar-refractivity contribution in [3.05, 3.63) is 111 Å². The third-order valence-corrected chi connectivity index (χ3v) is 6.97. The van der Waals surface area contributed by atoms with Crippen LogP contribution in [0.15, 0.2) is 83.5 Å². The number of rotatable bonds is 9. The van der Waals surface area contributed by atoms with Gasteiger partial charge in [0.25, 0.3) is 0 Å². The van der Waals surface area contributed by atoms with Crippen LogP contribution in [0.3, 0.4) is 0 Å². The molecule has 1 heteroatoms. The molecule has 36 heavy (non-hydrogen) atoms. The van der Waals surface area contributed by atoms with Crippen LogP contribution in [-0.4, -0.2) is 5.78 Å². The maximum atomic E-state index is 12.2. The number of ketones is 1. The lowest BCUT2D eigenvalue weighted by molar-refractivity contribution is -0.113. The fraction of sp³-hybridized carbons (Fsp3) is 0.343. The van der Waals surface area contributed by atoms with E-state index in [9.17, 15) is 4.79 Å². The molecule has 0 bridgehead atoms. The minimum absolute atomic E-state index is 0.105. The van der Waals surface area contributed by atoms with Crippen molar-refractivity contribution in [2.24, 2.45) is 0 Å². The van der Waals surface area contributed by atoms with Gasteiger partial charge in [-0.15, -0.1) is 0 Å². The molecular weight excluding hydrogens is 436 g/mol. The van der Waals surface area contributed by atoms with Crippen LogP contribution < -0.4 is 0 Å². The summed E-state index contributed by atoms with van der Waals surface area (Å²) < 4.78 is 0. The summed E-state index contributed by atoms with van der Waals surface area (Å²) in [5, 5.41) is 0. The van der Waals surface area contributed by atoms with Gasteiger partial charge in [-0.1, -0.05) is 98.2 Å². The molecule has 1 aliphatic rings. The molecule has 0 aliphatic heterocycles. The number of allylic oxidation sites excluding steroid dienone is 9. The van der Waals surface area contributed by atoms with Crippen LogP contribution >= 0.6 is 0 Å². The van der Waals surface area contributed by atoms with Crippen molar-refractivity contribution in [1.29, 1.82) is 0 Å². The average molecular weight is 479 g/mol. The monoisotopic (exact) mass is 478 g/mol.